The summed E-state index contributed by atoms with van der Waals surface area (Å²) in [5, 5.41) is 17.8. The first kappa shape index (κ1) is 15.5. The summed E-state index contributed by atoms with van der Waals surface area (Å²) in [5.74, 6) is -1.18. The standard InChI is InChI=1S/C13H15FN2O2S/c1-13(2,11(16)12(17)18)19-7-9-5-10(14)4-3-8(9)6-15/h3-5,11H,7,16H2,1-2H3,(H,17,18)/t11-/m0/s1. The first-order valence-electron chi connectivity index (χ1n) is 5.59. The molecule has 1 aromatic carbocycles. The van der Waals surface area contributed by atoms with E-state index in [1.807, 2.05) is 6.07 Å². The van der Waals surface area contributed by atoms with Crippen LogP contribution in [0.3, 0.4) is 0 Å². The van der Waals surface area contributed by atoms with Crippen LogP contribution in [0.15, 0.2) is 18.2 Å². The summed E-state index contributed by atoms with van der Waals surface area (Å²) in [4.78, 5) is 10.9. The Balaban J connectivity index is 2.85. The third kappa shape index (κ3) is 3.94. The lowest BCUT2D eigenvalue weighted by Crippen LogP contribution is -2.46. The van der Waals surface area contributed by atoms with Gasteiger partial charge in [0, 0.05) is 10.5 Å². The molecule has 0 heterocycles. The normalized spacial score (nSPS) is 12.8. The van der Waals surface area contributed by atoms with E-state index in [1.165, 1.54) is 30.0 Å². The van der Waals surface area contributed by atoms with Crippen molar-refractivity contribution in [3.05, 3.63) is 35.1 Å². The van der Waals surface area contributed by atoms with E-state index < -0.39 is 22.6 Å². The first-order chi connectivity index (χ1) is 8.77. The molecule has 3 N–H and O–H groups in total. The number of carboxylic acid groups (broad SMARTS) is 1. The van der Waals surface area contributed by atoms with Crippen LogP contribution < -0.4 is 5.73 Å². The SMILES string of the molecule is CC(C)(SCc1cc(F)ccc1C#N)[C@@H](N)C(=O)O. The van der Waals surface area contributed by atoms with E-state index in [1.54, 1.807) is 13.8 Å². The van der Waals surface area contributed by atoms with Crippen molar-refractivity contribution >= 4 is 17.7 Å². The summed E-state index contributed by atoms with van der Waals surface area (Å²) in [6.45, 7) is 3.42. The molecule has 0 spiro atoms. The number of benzene rings is 1. The Labute approximate surface area is 115 Å². The molecule has 0 radical (unpaired) electrons. The van der Waals surface area contributed by atoms with Gasteiger partial charge >= 0.3 is 5.97 Å². The van der Waals surface area contributed by atoms with Crippen LogP contribution in [0, 0.1) is 17.1 Å². The number of rotatable bonds is 5. The van der Waals surface area contributed by atoms with Gasteiger partial charge in [0.1, 0.15) is 11.9 Å². The molecule has 6 heteroatoms. The average Bonchev–Trinajstić information content (AvgIpc) is 2.35. The summed E-state index contributed by atoms with van der Waals surface area (Å²) < 4.78 is 12.4. The van der Waals surface area contributed by atoms with Crippen LogP contribution in [0.4, 0.5) is 4.39 Å². The second kappa shape index (κ2) is 6.04. The van der Waals surface area contributed by atoms with Crippen LogP contribution in [0.2, 0.25) is 0 Å². The van der Waals surface area contributed by atoms with Gasteiger partial charge in [-0.05, 0) is 37.6 Å². The smallest absolute Gasteiger partial charge is 0.321 e. The zero-order valence-electron chi connectivity index (χ0n) is 10.7. The maximum Gasteiger partial charge on any atom is 0.321 e. The lowest BCUT2D eigenvalue weighted by Gasteiger charge is -2.28. The van der Waals surface area contributed by atoms with E-state index >= 15 is 0 Å². The highest BCUT2D eigenvalue weighted by Gasteiger charge is 2.32. The van der Waals surface area contributed by atoms with Gasteiger partial charge < -0.3 is 10.8 Å². The molecule has 0 bridgehead atoms. The van der Waals surface area contributed by atoms with Crippen molar-refractivity contribution in [3.63, 3.8) is 0 Å². The number of hydrogen-bond acceptors (Lipinski definition) is 4. The molecule has 19 heavy (non-hydrogen) atoms. The highest BCUT2D eigenvalue weighted by molar-refractivity contribution is 7.99. The molecular formula is C13H15FN2O2S. The summed E-state index contributed by atoms with van der Waals surface area (Å²) in [6, 6.07) is 4.87. The molecule has 1 rings (SSSR count). The molecule has 0 aliphatic carbocycles. The van der Waals surface area contributed by atoms with Gasteiger partial charge in [-0.25, -0.2) is 4.39 Å². The Morgan fingerprint density at radius 3 is 2.79 bits per heavy atom. The van der Waals surface area contributed by atoms with Crippen molar-refractivity contribution in [2.24, 2.45) is 5.73 Å². The van der Waals surface area contributed by atoms with Gasteiger partial charge in [0.25, 0.3) is 0 Å². The summed E-state index contributed by atoms with van der Waals surface area (Å²) in [7, 11) is 0. The predicted molar refractivity (Wildman–Crippen MR) is 72.1 cm³/mol. The van der Waals surface area contributed by atoms with Crippen LogP contribution in [0.5, 0.6) is 0 Å². The van der Waals surface area contributed by atoms with Crippen molar-refractivity contribution in [2.75, 3.05) is 0 Å². The number of carbonyl (C=O) groups is 1. The van der Waals surface area contributed by atoms with Gasteiger partial charge in [-0.15, -0.1) is 11.8 Å². The molecule has 0 fully saturated rings. The predicted octanol–water partition coefficient (Wildman–Crippen LogP) is 2.12. The maximum absolute atomic E-state index is 13.2. The number of aliphatic carboxylic acids is 1. The third-order valence-electron chi connectivity index (χ3n) is 2.80. The Morgan fingerprint density at radius 2 is 2.26 bits per heavy atom. The fraction of sp³-hybridized carbons (Fsp3) is 0.385. The third-order valence-corrected chi connectivity index (χ3v) is 4.26. The van der Waals surface area contributed by atoms with E-state index in [-0.39, 0.29) is 0 Å². The molecule has 0 saturated heterocycles. The van der Waals surface area contributed by atoms with Crippen LogP contribution in [-0.2, 0) is 10.5 Å². The van der Waals surface area contributed by atoms with E-state index in [9.17, 15) is 9.18 Å². The molecule has 102 valence electrons. The van der Waals surface area contributed by atoms with Crippen LogP contribution in [0.1, 0.15) is 25.0 Å². The highest BCUT2D eigenvalue weighted by atomic mass is 32.2. The number of carboxylic acids is 1. The van der Waals surface area contributed by atoms with E-state index in [2.05, 4.69) is 0 Å². The lowest BCUT2D eigenvalue weighted by atomic mass is 10.1. The van der Waals surface area contributed by atoms with Crippen LogP contribution in [0.25, 0.3) is 0 Å². The molecule has 0 aliphatic heterocycles. The van der Waals surface area contributed by atoms with E-state index in [0.29, 0.717) is 16.9 Å². The maximum atomic E-state index is 13.2. The topological polar surface area (TPSA) is 87.1 Å². The van der Waals surface area contributed by atoms with E-state index in [4.69, 9.17) is 16.1 Å². The first-order valence-corrected chi connectivity index (χ1v) is 6.57. The largest absolute Gasteiger partial charge is 0.480 e. The fourth-order valence-electron chi connectivity index (χ4n) is 1.44. The minimum Gasteiger partial charge on any atom is -0.480 e. The lowest BCUT2D eigenvalue weighted by molar-refractivity contribution is -0.139. The van der Waals surface area contributed by atoms with Gasteiger partial charge in [0.05, 0.1) is 11.6 Å². The Morgan fingerprint density at radius 1 is 1.63 bits per heavy atom. The zero-order valence-corrected chi connectivity index (χ0v) is 11.5. The molecule has 1 aromatic rings. The van der Waals surface area contributed by atoms with Gasteiger partial charge in [-0.2, -0.15) is 5.26 Å². The minimum absolute atomic E-state index is 0.328. The second-order valence-corrected chi connectivity index (χ2v) is 6.25. The van der Waals surface area contributed by atoms with Gasteiger partial charge in [0.2, 0.25) is 0 Å². The van der Waals surface area contributed by atoms with Crippen molar-refractivity contribution in [2.45, 2.75) is 30.4 Å². The number of thioether (sulfide) groups is 1. The molecule has 1 atom stereocenters. The highest BCUT2D eigenvalue weighted by Crippen LogP contribution is 2.31. The summed E-state index contributed by atoms with van der Waals surface area (Å²) in [5.41, 5.74) is 6.52. The molecule has 0 unspecified atom stereocenters. The number of halogens is 1. The molecule has 4 nitrogen and oxygen atoms in total. The Bertz CT molecular complexity index is 526. The van der Waals surface area contributed by atoms with E-state index in [0.717, 1.165) is 0 Å². The molecule has 0 amide bonds. The van der Waals surface area contributed by atoms with Crippen molar-refractivity contribution in [1.82, 2.24) is 0 Å². The monoisotopic (exact) mass is 282 g/mol. The zero-order chi connectivity index (χ0) is 14.6. The molecule has 0 aromatic heterocycles. The minimum atomic E-state index is -1.09. The number of nitrogens with zero attached hydrogens (tertiary/aromatic N) is 1. The van der Waals surface area contributed by atoms with Crippen LogP contribution >= 0.6 is 11.8 Å². The second-order valence-electron chi connectivity index (χ2n) is 4.62. The number of nitriles is 1. The number of hydrogen-bond donors (Lipinski definition) is 2. The van der Waals surface area contributed by atoms with Crippen LogP contribution in [-0.4, -0.2) is 21.9 Å². The van der Waals surface area contributed by atoms with Crippen molar-refractivity contribution < 1.29 is 14.3 Å². The summed E-state index contributed by atoms with van der Waals surface area (Å²) in [6.07, 6.45) is 0. The number of nitrogens with two attached hydrogens (primary N) is 1. The van der Waals surface area contributed by atoms with Crippen molar-refractivity contribution in [1.29, 1.82) is 5.26 Å². The van der Waals surface area contributed by atoms with Gasteiger partial charge in [-0.1, -0.05) is 0 Å². The quantitative estimate of drug-likeness (QED) is 0.863. The summed E-state index contributed by atoms with van der Waals surface area (Å²) >= 11 is 1.28. The Kier molecular flexibility index (Phi) is 4.92. The molecule has 0 aliphatic rings. The molecule has 0 saturated carbocycles. The van der Waals surface area contributed by atoms with Gasteiger partial charge in [0.15, 0.2) is 0 Å². The Hall–Kier alpha value is -1.58. The molecular weight excluding hydrogens is 267 g/mol. The van der Waals surface area contributed by atoms with Gasteiger partial charge in [-0.3, -0.25) is 4.79 Å². The average molecular weight is 282 g/mol. The fourth-order valence-corrected chi connectivity index (χ4v) is 2.49. The van der Waals surface area contributed by atoms with Crippen molar-refractivity contribution in [3.8, 4) is 6.07 Å².